The lowest BCUT2D eigenvalue weighted by Gasteiger charge is -2.31. The maximum atomic E-state index is 13.4. The average molecular weight is 322 g/mol. The molecule has 108 valence electrons. The standard InChI is InChI=1S/C12H10Cl2FNO4/c13-7-4-8(14)9(15)3-6(7)11(17)16-1-2-20-10(5-16)12(18)19/h3-4,10H,1-2,5H2,(H,18,19). The Morgan fingerprint density at radius 2 is 2.05 bits per heavy atom. The van der Waals surface area contributed by atoms with Crippen LogP contribution in [0.3, 0.4) is 0 Å². The Bertz CT molecular complexity index is 567. The first kappa shape index (κ1) is 15.0. The molecule has 1 aromatic rings. The number of amides is 1. The molecule has 1 amide bonds. The van der Waals surface area contributed by atoms with Gasteiger partial charge >= 0.3 is 5.97 Å². The van der Waals surface area contributed by atoms with Crippen molar-refractivity contribution < 1.29 is 23.8 Å². The Morgan fingerprint density at radius 3 is 2.70 bits per heavy atom. The van der Waals surface area contributed by atoms with E-state index in [0.29, 0.717) is 0 Å². The van der Waals surface area contributed by atoms with Crippen molar-refractivity contribution >= 4 is 35.1 Å². The molecule has 1 N–H and O–H groups in total. The highest BCUT2D eigenvalue weighted by molar-refractivity contribution is 6.36. The van der Waals surface area contributed by atoms with Gasteiger partial charge in [0.05, 0.1) is 28.8 Å². The Kier molecular flexibility index (Phi) is 4.47. The van der Waals surface area contributed by atoms with Crippen molar-refractivity contribution in [1.29, 1.82) is 0 Å². The van der Waals surface area contributed by atoms with E-state index in [1.165, 1.54) is 4.90 Å². The molecule has 1 heterocycles. The number of hydrogen-bond donors (Lipinski definition) is 1. The summed E-state index contributed by atoms with van der Waals surface area (Å²) in [6.07, 6.45) is -1.09. The van der Waals surface area contributed by atoms with Crippen LogP contribution in [-0.4, -0.2) is 47.7 Å². The van der Waals surface area contributed by atoms with Crippen molar-refractivity contribution in [2.45, 2.75) is 6.10 Å². The van der Waals surface area contributed by atoms with E-state index >= 15 is 0 Å². The fourth-order valence-electron chi connectivity index (χ4n) is 1.84. The molecule has 5 nitrogen and oxygen atoms in total. The molecule has 1 saturated heterocycles. The molecule has 0 aliphatic carbocycles. The van der Waals surface area contributed by atoms with Crippen molar-refractivity contribution in [3.8, 4) is 0 Å². The smallest absolute Gasteiger partial charge is 0.334 e. The molecule has 8 heteroatoms. The first-order chi connectivity index (χ1) is 9.40. The third-order valence-corrected chi connectivity index (χ3v) is 3.47. The Labute approximate surface area is 123 Å². The highest BCUT2D eigenvalue weighted by Crippen LogP contribution is 2.26. The van der Waals surface area contributed by atoms with Crippen molar-refractivity contribution in [3.05, 3.63) is 33.6 Å². The molecule has 2 rings (SSSR count). The number of carboxylic acids is 1. The van der Waals surface area contributed by atoms with Crippen LogP contribution in [0.1, 0.15) is 10.4 Å². The van der Waals surface area contributed by atoms with E-state index in [9.17, 15) is 14.0 Å². The number of benzene rings is 1. The highest BCUT2D eigenvalue weighted by Gasteiger charge is 2.30. The number of hydrogen-bond acceptors (Lipinski definition) is 3. The predicted octanol–water partition coefficient (Wildman–Crippen LogP) is 2.06. The van der Waals surface area contributed by atoms with E-state index in [2.05, 4.69) is 0 Å². The fraction of sp³-hybridized carbons (Fsp3) is 0.333. The second kappa shape index (κ2) is 5.95. The largest absolute Gasteiger partial charge is 0.479 e. The second-order valence-corrected chi connectivity index (χ2v) is 5.01. The van der Waals surface area contributed by atoms with Crippen molar-refractivity contribution in [2.75, 3.05) is 19.7 Å². The van der Waals surface area contributed by atoms with Gasteiger partial charge in [-0.1, -0.05) is 23.2 Å². The molecule has 1 aromatic carbocycles. The van der Waals surface area contributed by atoms with Crippen LogP contribution in [0.4, 0.5) is 4.39 Å². The van der Waals surface area contributed by atoms with E-state index in [1.807, 2.05) is 0 Å². The minimum absolute atomic E-state index is 0.0137. The highest BCUT2D eigenvalue weighted by atomic mass is 35.5. The van der Waals surface area contributed by atoms with Gasteiger partial charge in [0, 0.05) is 6.54 Å². The number of ether oxygens (including phenoxy) is 1. The molecule has 0 saturated carbocycles. The molecule has 1 atom stereocenters. The first-order valence-electron chi connectivity index (χ1n) is 5.68. The summed E-state index contributed by atoms with van der Waals surface area (Å²) in [6.45, 7) is 0.189. The quantitative estimate of drug-likeness (QED) is 0.847. The van der Waals surface area contributed by atoms with Gasteiger partial charge in [-0.25, -0.2) is 9.18 Å². The molecule has 20 heavy (non-hydrogen) atoms. The minimum Gasteiger partial charge on any atom is -0.479 e. The van der Waals surface area contributed by atoms with Crippen molar-refractivity contribution in [3.63, 3.8) is 0 Å². The third kappa shape index (κ3) is 3.03. The predicted molar refractivity (Wildman–Crippen MR) is 69.7 cm³/mol. The fourth-order valence-corrected chi connectivity index (χ4v) is 2.30. The van der Waals surface area contributed by atoms with E-state index in [1.54, 1.807) is 0 Å². The number of carbonyl (C=O) groups is 2. The minimum atomic E-state index is -1.16. The van der Waals surface area contributed by atoms with Crippen LogP contribution in [0, 0.1) is 5.82 Å². The monoisotopic (exact) mass is 321 g/mol. The number of morpholine rings is 1. The normalized spacial score (nSPS) is 18.9. The van der Waals surface area contributed by atoms with Gasteiger partial charge in [0.15, 0.2) is 6.10 Å². The summed E-state index contributed by atoms with van der Waals surface area (Å²) >= 11 is 11.4. The summed E-state index contributed by atoms with van der Waals surface area (Å²) in [6, 6.07) is 2.08. The lowest BCUT2D eigenvalue weighted by atomic mass is 10.1. The first-order valence-corrected chi connectivity index (χ1v) is 6.44. The lowest BCUT2D eigenvalue weighted by molar-refractivity contribution is -0.154. The molecule has 1 aliphatic rings. The van der Waals surface area contributed by atoms with Crippen LogP contribution in [0.15, 0.2) is 12.1 Å². The Hall–Kier alpha value is -1.37. The van der Waals surface area contributed by atoms with E-state index in [-0.39, 0.29) is 35.3 Å². The van der Waals surface area contributed by atoms with Gasteiger partial charge in [-0.2, -0.15) is 0 Å². The summed E-state index contributed by atoms with van der Waals surface area (Å²) in [4.78, 5) is 24.4. The maximum absolute atomic E-state index is 13.4. The summed E-state index contributed by atoms with van der Waals surface area (Å²) in [5.41, 5.74) is -0.0559. The van der Waals surface area contributed by atoms with Gasteiger partial charge in [-0.3, -0.25) is 4.79 Å². The number of nitrogens with zero attached hydrogens (tertiary/aromatic N) is 1. The second-order valence-electron chi connectivity index (χ2n) is 4.20. The molecule has 0 aromatic heterocycles. The molecule has 0 radical (unpaired) electrons. The van der Waals surface area contributed by atoms with Gasteiger partial charge in [-0.05, 0) is 12.1 Å². The number of halogens is 3. The van der Waals surface area contributed by atoms with Crippen molar-refractivity contribution in [2.24, 2.45) is 0 Å². The van der Waals surface area contributed by atoms with Gasteiger partial charge in [0.25, 0.3) is 5.91 Å². The van der Waals surface area contributed by atoms with Gasteiger partial charge in [-0.15, -0.1) is 0 Å². The molecule has 1 aliphatic heterocycles. The molecule has 0 spiro atoms. The van der Waals surface area contributed by atoms with Crippen LogP contribution >= 0.6 is 23.2 Å². The zero-order valence-corrected chi connectivity index (χ0v) is 11.6. The van der Waals surface area contributed by atoms with Crippen LogP contribution in [0.2, 0.25) is 10.0 Å². The third-order valence-electron chi connectivity index (χ3n) is 2.87. The zero-order valence-electron chi connectivity index (χ0n) is 10.1. The van der Waals surface area contributed by atoms with Gasteiger partial charge in [0.2, 0.25) is 0 Å². The summed E-state index contributed by atoms with van der Waals surface area (Å²) in [5, 5.41) is 8.71. The van der Waals surface area contributed by atoms with Crippen molar-refractivity contribution in [1.82, 2.24) is 4.90 Å². The lowest BCUT2D eigenvalue weighted by Crippen LogP contribution is -2.48. The number of carboxylic acid groups (broad SMARTS) is 1. The Balaban J connectivity index is 2.23. The molecule has 1 fully saturated rings. The van der Waals surface area contributed by atoms with Crippen LogP contribution in [-0.2, 0) is 9.53 Å². The van der Waals surface area contributed by atoms with Crippen LogP contribution in [0.25, 0.3) is 0 Å². The van der Waals surface area contributed by atoms with Gasteiger partial charge < -0.3 is 14.7 Å². The zero-order chi connectivity index (χ0) is 14.9. The summed E-state index contributed by atoms with van der Waals surface area (Å²) in [7, 11) is 0. The Morgan fingerprint density at radius 1 is 1.35 bits per heavy atom. The number of rotatable bonds is 2. The number of aliphatic carboxylic acids is 1. The SMILES string of the molecule is O=C(O)C1CN(C(=O)c2cc(F)c(Cl)cc2Cl)CCO1. The topological polar surface area (TPSA) is 66.8 Å². The number of carbonyl (C=O) groups excluding carboxylic acids is 1. The maximum Gasteiger partial charge on any atom is 0.334 e. The molecular formula is C12H10Cl2FNO4. The van der Waals surface area contributed by atoms with E-state index in [0.717, 1.165) is 12.1 Å². The summed E-state index contributed by atoms with van der Waals surface area (Å²) in [5.74, 6) is -2.47. The van der Waals surface area contributed by atoms with Crippen LogP contribution in [0.5, 0.6) is 0 Å². The summed E-state index contributed by atoms with van der Waals surface area (Å²) < 4.78 is 18.4. The van der Waals surface area contributed by atoms with Gasteiger partial charge in [0.1, 0.15) is 5.82 Å². The molecule has 0 bridgehead atoms. The molecular weight excluding hydrogens is 312 g/mol. The van der Waals surface area contributed by atoms with Crippen LogP contribution < -0.4 is 0 Å². The van der Waals surface area contributed by atoms with E-state index < -0.39 is 23.8 Å². The molecule has 1 unspecified atom stereocenters. The average Bonchev–Trinajstić information content (AvgIpc) is 2.42. The van der Waals surface area contributed by atoms with E-state index in [4.69, 9.17) is 33.0 Å².